The van der Waals surface area contributed by atoms with Crippen molar-refractivity contribution in [1.29, 1.82) is 0 Å². The van der Waals surface area contributed by atoms with Crippen LogP contribution in [0.3, 0.4) is 0 Å². The Bertz CT molecular complexity index is 1260. The molecule has 0 bridgehead atoms. The van der Waals surface area contributed by atoms with Crippen molar-refractivity contribution in [3.05, 3.63) is 83.0 Å². The summed E-state index contributed by atoms with van der Waals surface area (Å²) in [6.07, 6.45) is 7.18. The number of benzene rings is 2. The summed E-state index contributed by atoms with van der Waals surface area (Å²) in [5, 5.41) is 11.2. The Labute approximate surface area is 244 Å². The van der Waals surface area contributed by atoms with Crippen molar-refractivity contribution in [3.8, 4) is 11.5 Å². The Hall–Kier alpha value is -2.90. The predicted molar refractivity (Wildman–Crippen MR) is 161 cm³/mol. The molecule has 8 nitrogen and oxygen atoms in total. The fourth-order valence-electron chi connectivity index (χ4n) is 5.04. The molecule has 1 aliphatic carbocycles. The van der Waals surface area contributed by atoms with Crippen LogP contribution in [0, 0.1) is 5.92 Å². The van der Waals surface area contributed by atoms with Crippen LogP contribution < -0.4 is 4.74 Å². The number of allylic oxidation sites excluding steroid dienone is 3. The first-order chi connectivity index (χ1) is 19.5. The van der Waals surface area contributed by atoms with Crippen LogP contribution in [0.2, 0.25) is 0 Å². The Morgan fingerprint density at radius 1 is 1.15 bits per heavy atom. The largest absolute Gasteiger partial charge is 0.507 e. The van der Waals surface area contributed by atoms with Gasteiger partial charge in [0.15, 0.2) is 0 Å². The molecule has 0 radical (unpaired) electrons. The van der Waals surface area contributed by atoms with E-state index in [1.54, 1.807) is 30.3 Å². The zero-order valence-corrected chi connectivity index (χ0v) is 25.6. The Kier molecular flexibility index (Phi) is 12.2. The molecule has 2 aromatic rings. The third kappa shape index (κ3) is 9.86. The molecule has 41 heavy (non-hydrogen) atoms. The zero-order chi connectivity index (χ0) is 30.0. The van der Waals surface area contributed by atoms with Crippen molar-refractivity contribution < 1.29 is 33.1 Å². The summed E-state index contributed by atoms with van der Waals surface area (Å²) in [4.78, 5) is 24.4. The lowest BCUT2D eigenvalue weighted by Crippen LogP contribution is -2.33. The van der Waals surface area contributed by atoms with Gasteiger partial charge in [-0.25, -0.2) is 9.36 Å². The number of likely N-dealkylation sites (N-methyl/N-ethyl adjacent to an activating group) is 1. The molecule has 2 aromatic carbocycles. The van der Waals surface area contributed by atoms with Crippen molar-refractivity contribution in [2.75, 3.05) is 20.2 Å². The highest BCUT2D eigenvalue weighted by atomic mass is 31.2. The lowest BCUT2D eigenvalue weighted by atomic mass is 9.73. The molecule has 0 spiro atoms. The highest BCUT2D eigenvalue weighted by Crippen LogP contribution is 2.47. The number of phenolic OH excluding ortho intramolecular Hbond substituents is 1. The minimum absolute atomic E-state index is 0.00752. The first-order valence-electron chi connectivity index (χ1n) is 14.3. The highest BCUT2D eigenvalue weighted by Gasteiger charge is 2.32. The molecule has 1 aliphatic rings. The van der Waals surface area contributed by atoms with Gasteiger partial charge in [0.25, 0.3) is 0 Å². The number of carbonyl (C=O) groups excluding carboxylic acids is 1. The SMILES string of the molecule is C=C(C)[C@@H]1CCC(C)=C[C@H]1c1c(O)cc(CCCCC)cc1OC(=O)N(C)CCOP(=O)(O)OCc1ccccc1. The molecule has 0 aliphatic heterocycles. The first-order valence-corrected chi connectivity index (χ1v) is 15.8. The minimum Gasteiger partial charge on any atom is -0.507 e. The quantitative estimate of drug-likeness (QED) is 0.132. The monoisotopic (exact) mass is 585 g/mol. The summed E-state index contributed by atoms with van der Waals surface area (Å²) in [5.74, 6) is 0.348. The van der Waals surface area contributed by atoms with Gasteiger partial charge >= 0.3 is 13.9 Å². The third-order valence-corrected chi connectivity index (χ3v) is 8.35. The molecule has 0 heterocycles. The van der Waals surface area contributed by atoms with Gasteiger partial charge in [0.2, 0.25) is 0 Å². The van der Waals surface area contributed by atoms with E-state index in [1.165, 1.54) is 17.5 Å². The Balaban J connectivity index is 1.73. The zero-order valence-electron chi connectivity index (χ0n) is 24.7. The molecule has 3 atom stereocenters. The van der Waals surface area contributed by atoms with Crippen LogP contribution in [-0.4, -0.2) is 41.2 Å². The number of hydrogen-bond donors (Lipinski definition) is 2. The van der Waals surface area contributed by atoms with Gasteiger partial charge in [0, 0.05) is 25.1 Å². The number of ether oxygens (including phenoxy) is 1. The van der Waals surface area contributed by atoms with Crippen LogP contribution >= 0.6 is 7.82 Å². The fraction of sp³-hybridized carbons (Fsp3) is 0.469. The second-order valence-corrected chi connectivity index (χ2v) is 12.3. The molecule has 9 heteroatoms. The Morgan fingerprint density at radius 2 is 1.88 bits per heavy atom. The summed E-state index contributed by atoms with van der Waals surface area (Å²) >= 11 is 0. The van der Waals surface area contributed by atoms with E-state index >= 15 is 0 Å². The van der Waals surface area contributed by atoms with E-state index in [0.717, 1.165) is 55.2 Å². The number of phosphoric acid groups is 1. The van der Waals surface area contributed by atoms with E-state index in [2.05, 4.69) is 26.5 Å². The summed E-state index contributed by atoms with van der Waals surface area (Å²) < 4.78 is 28.3. The number of hydrogen-bond acceptors (Lipinski definition) is 6. The standard InChI is InChI=1S/C32H44NO7P/c1-6-7-9-14-26-20-29(34)31(28-19-24(4)15-16-27(28)23(2)3)30(21-26)40-32(35)33(5)17-18-38-41(36,37)39-22-25-12-10-8-11-13-25/h8,10-13,19-21,27-28,34H,2,6-7,9,14-18,22H2,1,3-5H3,(H,36,37)/t27-,28+/m0/s1. The van der Waals surface area contributed by atoms with Gasteiger partial charge < -0.3 is 19.6 Å². The number of aryl methyl sites for hydroxylation is 1. The van der Waals surface area contributed by atoms with Crippen LogP contribution in [0.4, 0.5) is 4.79 Å². The number of aromatic hydroxyl groups is 1. The molecule has 2 N–H and O–H groups in total. The van der Waals surface area contributed by atoms with E-state index in [1.807, 2.05) is 19.1 Å². The maximum atomic E-state index is 13.1. The van der Waals surface area contributed by atoms with E-state index < -0.39 is 13.9 Å². The molecular weight excluding hydrogens is 541 g/mol. The number of amides is 1. The van der Waals surface area contributed by atoms with Gasteiger partial charge in [0.1, 0.15) is 11.5 Å². The fourth-order valence-corrected chi connectivity index (χ4v) is 5.74. The maximum Gasteiger partial charge on any atom is 0.472 e. The van der Waals surface area contributed by atoms with Gasteiger partial charge in [-0.2, -0.15) is 0 Å². The van der Waals surface area contributed by atoms with Crippen molar-refractivity contribution in [1.82, 2.24) is 4.90 Å². The average Bonchev–Trinajstić information content (AvgIpc) is 2.92. The molecule has 0 saturated carbocycles. The van der Waals surface area contributed by atoms with Gasteiger partial charge in [-0.3, -0.25) is 9.05 Å². The minimum atomic E-state index is -4.31. The summed E-state index contributed by atoms with van der Waals surface area (Å²) in [6.45, 7) is 10.1. The molecule has 1 unspecified atom stereocenters. The van der Waals surface area contributed by atoms with E-state index in [9.17, 15) is 19.4 Å². The number of rotatable bonds is 14. The second-order valence-electron chi connectivity index (χ2n) is 10.9. The summed E-state index contributed by atoms with van der Waals surface area (Å²) in [5.41, 5.74) is 4.43. The summed E-state index contributed by atoms with van der Waals surface area (Å²) in [7, 11) is -2.79. The normalized spacial score (nSPS) is 18.3. The Morgan fingerprint density at radius 3 is 2.56 bits per heavy atom. The average molecular weight is 586 g/mol. The van der Waals surface area contributed by atoms with Gasteiger partial charge in [0.05, 0.1) is 13.2 Å². The van der Waals surface area contributed by atoms with Crippen LogP contribution in [-0.2, 0) is 26.6 Å². The van der Waals surface area contributed by atoms with Gasteiger partial charge in [-0.15, -0.1) is 0 Å². The van der Waals surface area contributed by atoms with E-state index in [0.29, 0.717) is 11.3 Å². The predicted octanol–water partition coefficient (Wildman–Crippen LogP) is 7.91. The highest BCUT2D eigenvalue weighted by molar-refractivity contribution is 7.47. The molecule has 0 saturated heterocycles. The smallest absolute Gasteiger partial charge is 0.472 e. The van der Waals surface area contributed by atoms with Crippen LogP contribution in [0.15, 0.2) is 66.3 Å². The molecule has 1 amide bonds. The number of phosphoric ester groups is 1. The van der Waals surface area contributed by atoms with Crippen molar-refractivity contribution >= 4 is 13.9 Å². The number of unbranched alkanes of at least 4 members (excludes halogenated alkanes) is 2. The maximum absolute atomic E-state index is 13.1. The van der Waals surface area contributed by atoms with Crippen LogP contribution in [0.25, 0.3) is 0 Å². The molecule has 0 aromatic heterocycles. The number of nitrogens with zero attached hydrogens (tertiary/aromatic N) is 1. The van der Waals surface area contributed by atoms with Crippen LogP contribution in [0.5, 0.6) is 11.5 Å². The molecule has 3 rings (SSSR count). The lowest BCUT2D eigenvalue weighted by molar-refractivity contribution is 0.122. The number of phenols is 1. The summed E-state index contributed by atoms with van der Waals surface area (Å²) in [6, 6.07) is 12.6. The first kappa shape index (κ1) is 32.6. The number of carbonyl (C=O) groups is 1. The third-order valence-electron chi connectivity index (χ3n) is 7.39. The van der Waals surface area contributed by atoms with Gasteiger partial charge in [-0.1, -0.05) is 73.9 Å². The van der Waals surface area contributed by atoms with E-state index in [4.69, 9.17) is 13.8 Å². The lowest BCUT2D eigenvalue weighted by Gasteiger charge is -2.32. The van der Waals surface area contributed by atoms with Crippen molar-refractivity contribution in [2.45, 2.75) is 71.8 Å². The second kappa shape index (κ2) is 15.4. The topological polar surface area (TPSA) is 106 Å². The van der Waals surface area contributed by atoms with E-state index in [-0.39, 0.29) is 37.3 Å². The van der Waals surface area contributed by atoms with Gasteiger partial charge in [-0.05, 0) is 68.7 Å². The van der Waals surface area contributed by atoms with Crippen molar-refractivity contribution in [2.24, 2.45) is 5.92 Å². The molecular formula is C32H44NO7P. The van der Waals surface area contributed by atoms with Crippen molar-refractivity contribution in [3.63, 3.8) is 0 Å². The van der Waals surface area contributed by atoms with Crippen LogP contribution in [0.1, 0.15) is 75.5 Å². The molecule has 0 fully saturated rings. The molecule has 224 valence electrons.